The quantitative estimate of drug-likeness (QED) is 0.367. The Labute approximate surface area is 190 Å². The molecule has 0 aliphatic rings. The first-order chi connectivity index (χ1) is 14.8. The fourth-order valence-electron chi connectivity index (χ4n) is 3.42. The first-order valence-electron chi connectivity index (χ1n) is 10.5. The topological polar surface area (TPSA) is 94.7 Å². The molecule has 3 heterocycles. The largest absolute Gasteiger partial charge is 0.356 e. The average molecular weight is 463 g/mol. The molecule has 0 radical (unpaired) electrons. The molecule has 3 aromatic heterocycles. The van der Waals surface area contributed by atoms with Gasteiger partial charge >= 0.3 is 0 Å². The van der Waals surface area contributed by atoms with E-state index in [2.05, 4.69) is 38.9 Å². The molecule has 0 unspecified atom stereocenters. The molecule has 0 spiro atoms. The average Bonchev–Trinajstić information content (AvgIpc) is 3.24. The number of amides is 1. The zero-order chi connectivity index (χ0) is 22.5. The van der Waals surface area contributed by atoms with Gasteiger partial charge in [-0.3, -0.25) is 14.2 Å². The molecule has 0 aromatic carbocycles. The van der Waals surface area contributed by atoms with Crippen molar-refractivity contribution in [3.8, 4) is 0 Å². The highest BCUT2D eigenvalue weighted by molar-refractivity contribution is 7.98. The van der Waals surface area contributed by atoms with E-state index in [9.17, 15) is 9.59 Å². The van der Waals surface area contributed by atoms with Crippen LogP contribution in [0.15, 0.2) is 16.3 Å². The summed E-state index contributed by atoms with van der Waals surface area (Å²) < 4.78 is 3.69. The van der Waals surface area contributed by atoms with Crippen LogP contribution in [-0.4, -0.2) is 43.0 Å². The van der Waals surface area contributed by atoms with Gasteiger partial charge in [-0.2, -0.15) is 0 Å². The van der Waals surface area contributed by atoms with Gasteiger partial charge in [0.05, 0.1) is 11.7 Å². The van der Waals surface area contributed by atoms with Gasteiger partial charge < -0.3 is 9.88 Å². The molecule has 0 aliphatic heterocycles. The Morgan fingerprint density at radius 2 is 2.06 bits per heavy atom. The molecular formula is C21H30N6O2S2. The summed E-state index contributed by atoms with van der Waals surface area (Å²) in [6.07, 6.45) is 5.34. The van der Waals surface area contributed by atoms with Gasteiger partial charge in [-0.1, -0.05) is 25.6 Å². The maximum absolute atomic E-state index is 12.7. The normalized spacial score (nSPS) is 11.5. The standard InChI is InChI=1S/C21H30N6O2S2/c1-13(2)11-27-16(24-25-21(27)30-5)7-6-9-22-17(28)8-10-26-12-23-19-18(20(26)29)14(3)15(4)31-19/h12-13H,6-11H2,1-5H3,(H,22,28). The number of hydrogen-bond donors (Lipinski definition) is 1. The molecule has 3 aromatic rings. The second-order valence-electron chi connectivity index (χ2n) is 8.02. The van der Waals surface area contributed by atoms with Gasteiger partial charge in [0.15, 0.2) is 5.16 Å². The van der Waals surface area contributed by atoms with Gasteiger partial charge in [-0.15, -0.1) is 21.5 Å². The Balaban J connectivity index is 1.49. The zero-order valence-electron chi connectivity index (χ0n) is 18.8. The van der Waals surface area contributed by atoms with Crippen molar-refractivity contribution < 1.29 is 4.79 Å². The third-order valence-corrected chi connectivity index (χ3v) is 6.94. The maximum atomic E-state index is 12.7. The van der Waals surface area contributed by atoms with E-state index in [0.29, 0.717) is 24.4 Å². The second kappa shape index (κ2) is 10.4. The molecule has 0 saturated carbocycles. The van der Waals surface area contributed by atoms with Crippen molar-refractivity contribution in [1.82, 2.24) is 29.6 Å². The van der Waals surface area contributed by atoms with E-state index in [4.69, 9.17) is 0 Å². The number of thiophene rings is 1. The highest BCUT2D eigenvalue weighted by Gasteiger charge is 2.14. The first kappa shape index (κ1) is 23.5. The smallest absolute Gasteiger partial charge is 0.262 e. The fraction of sp³-hybridized carbons (Fsp3) is 0.571. The van der Waals surface area contributed by atoms with Gasteiger partial charge in [-0.05, 0) is 38.0 Å². The Kier molecular flexibility index (Phi) is 7.88. The number of rotatable bonds is 10. The van der Waals surface area contributed by atoms with E-state index in [1.165, 1.54) is 22.2 Å². The Hall–Kier alpha value is -2.20. The molecule has 0 aliphatic carbocycles. The van der Waals surface area contributed by atoms with E-state index in [0.717, 1.165) is 45.6 Å². The molecule has 31 heavy (non-hydrogen) atoms. The summed E-state index contributed by atoms with van der Waals surface area (Å²) in [5.74, 6) is 1.40. The van der Waals surface area contributed by atoms with Crippen molar-refractivity contribution in [2.24, 2.45) is 5.92 Å². The van der Waals surface area contributed by atoms with E-state index in [-0.39, 0.29) is 17.9 Å². The number of nitrogens with zero attached hydrogens (tertiary/aromatic N) is 5. The van der Waals surface area contributed by atoms with Gasteiger partial charge in [-0.25, -0.2) is 4.98 Å². The van der Waals surface area contributed by atoms with Crippen molar-refractivity contribution in [3.05, 3.63) is 32.9 Å². The summed E-state index contributed by atoms with van der Waals surface area (Å²) in [5, 5.41) is 13.1. The molecule has 0 bridgehead atoms. The summed E-state index contributed by atoms with van der Waals surface area (Å²) in [6, 6.07) is 0. The van der Waals surface area contributed by atoms with E-state index < -0.39 is 0 Å². The summed E-state index contributed by atoms with van der Waals surface area (Å²) in [4.78, 5) is 31.2. The van der Waals surface area contributed by atoms with Crippen LogP contribution in [0.2, 0.25) is 0 Å². The van der Waals surface area contributed by atoms with Crippen LogP contribution in [0, 0.1) is 19.8 Å². The molecule has 10 heteroatoms. The lowest BCUT2D eigenvalue weighted by molar-refractivity contribution is -0.121. The van der Waals surface area contributed by atoms with Gasteiger partial charge in [0.2, 0.25) is 5.91 Å². The molecule has 0 fully saturated rings. The SMILES string of the molecule is CSc1nnc(CCCNC(=O)CCn2cnc3sc(C)c(C)c3c2=O)n1CC(C)C. The van der Waals surface area contributed by atoms with Crippen LogP contribution >= 0.6 is 23.1 Å². The summed E-state index contributed by atoms with van der Waals surface area (Å²) in [7, 11) is 0. The molecule has 1 amide bonds. The lowest BCUT2D eigenvalue weighted by Crippen LogP contribution is -2.28. The number of nitrogens with one attached hydrogen (secondary N) is 1. The molecule has 1 N–H and O–H groups in total. The van der Waals surface area contributed by atoms with Crippen LogP contribution in [-0.2, 0) is 24.3 Å². The minimum Gasteiger partial charge on any atom is -0.356 e. The van der Waals surface area contributed by atoms with Crippen LogP contribution in [0.25, 0.3) is 10.2 Å². The Morgan fingerprint density at radius 3 is 2.77 bits per heavy atom. The highest BCUT2D eigenvalue weighted by Crippen LogP contribution is 2.25. The minimum absolute atomic E-state index is 0.0707. The lowest BCUT2D eigenvalue weighted by Gasteiger charge is -2.12. The molecule has 8 nitrogen and oxygen atoms in total. The Bertz CT molecular complexity index is 1120. The van der Waals surface area contributed by atoms with E-state index >= 15 is 0 Å². The van der Waals surface area contributed by atoms with E-state index in [1.54, 1.807) is 11.8 Å². The minimum atomic E-state index is -0.0752. The van der Waals surface area contributed by atoms with Crippen molar-refractivity contribution in [2.75, 3.05) is 12.8 Å². The second-order valence-corrected chi connectivity index (χ2v) is 9.99. The van der Waals surface area contributed by atoms with Crippen molar-refractivity contribution in [2.45, 2.75) is 65.2 Å². The predicted molar refractivity (Wildman–Crippen MR) is 126 cm³/mol. The van der Waals surface area contributed by atoms with Crippen LogP contribution in [0.5, 0.6) is 0 Å². The first-order valence-corrected chi connectivity index (χ1v) is 12.5. The van der Waals surface area contributed by atoms with E-state index in [1.807, 2.05) is 20.1 Å². The third-order valence-electron chi connectivity index (χ3n) is 5.16. The van der Waals surface area contributed by atoms with Gasteiger partial charge in [0.25, 0.3) is 5.56 Å². The highest BCUT2D eigenvalue weighted by atomic mass is 32.2. The van der Waals surface area contributed by atoms with Crippen LogP contribution < -0.4 is 10.9 Å². The zero-order valence-corrected chi connectivity index (χ0v) is 20.4. The molecular weight excluding hydrogens is 432 g/mol. The number of carbonyl (C=O) groups is 1. The lowest BCUT2D eigenvalue weighted by atomic mass is 10.2. The summed E-state index contributed by atoms with van der Waals surface area (Å²) in [5.41, 5.74) is 0.903. The molecule has 0 atom stereocenters. The molecule has 0 saturated heterocycles. The number of aryl methyl sites for hydroxylation is 4. The van der Waals surface area contributed by atoms with Crippen molar-refractivity contribution in [3.63, 3.8) is 0 Å². The predicted octanol–water partition coefficient (Wildman–Crippen LogP) is 3.18. The molecule has 3 rings (SSSR count). The number of aromatic nitrogens is 5. The monoisotopic (exact) mass is 462 g/mol. The number of thioether (sulfide) groups is 1. The van der Waals surface area contributed by atoms with Crippen LogP contribution in [0.1, 0.15) is 43.0 Å². The third kappa shape index (κ3) is 5.54. The summed E-state index contributed by atoms with van der Waals surface area (Å²) in [6.45, 7) is 10.1. The fourth-order valence-corrected chi connectivity index (χ4v) is 4.93. The van der Waals surface area contributed by atoms with Gasteiger partial charge in [0.1, 0.15) is 10.7 Å². The van der Waals surface area contributed by atoms with Crippen LogP contribution in [0.3, 0.4) is 0 Å². The van der Waals surface area contributed by atoms with Crippen molar-refractivity contribution in [1.29, 1.82) is 0 Å². The summed E-state index contributed by atoms with van der Waals surface area (Å²) >= 11 is 3.13. The molecule has 168 valence electrons. The van der Waals surface area contributed by atoms with Crippen molar-refractivity contribution >= 4 is 39.2 Å². The number of hydrogen-bond acceptors (Lipinski definition) is 7. The maximum Gasteiger partial charge on any atom is 0.262 e. The van der Waals surface area contributed by atoms with Gasteiger partial charge in [0, 0.05) is 37.4 Å². The number of fused-ring (bicyclic) bond motifs is 1. The Morgan fingerprint density at radius 1 is 1.29 bits per heavy atom. The van der Waals surface area contributed by atoms with Crippen LogP contribution in [0.4, 0.5) is 0 Å². The number of carbonyl (C=O) groups excluding carboxylic acids is 1.